The molecule has 21 heavy (non-hydrogen) atoms. The molecule has 3 nitrogen and oxygen atoms in total. The van der Waals surface area contributed by atoms with Crippen molar-refractivity contribution in [2.24, 2.45) is 0 Å². The molecule has 1 unspecified atom stereocenters. The van der Waals surface area contributed by atoms with E-state index in [1.807, 2.05) is 43.3 Å². The van der Waals surface area contributed by atoms with E-state index in [0.29, 0.717) is 5.56 Å². The van der Waals surface area contributed by atoms with Crippen LogP contribution in [0.1, 0.15) is 41.8 Å². The number of rotatable bonds is 5. The second-order valence-corrected chi connectivity index (χ2v) is 6.79. The van der Waals surface area contributed by atoms with Crippen LogP contribution in [0.15, 0.2) is 48.5 Å². The maximum Gasteiger partial charge on any atom is 0.337 e. The summed E-state index contributed by atoms with van der Waals surface area (Å²) in [5.74, 6) is 0. The zero-order valence-corrected chi connectivity index (χ0v) is 13.3. The number of benzene rings is 2. The van der Waals surface area contributed by atoms with Gasteiger partial charge in [-0.3, -0.25) is 4.57 Å². The standard InChI is InChI=1S/C17H21O3P/c1-3-13-11-8-12-16(15(13)4-2)17(21(18,19)20)14-9-6-5-7-10-14/h5-12,17H,3-4H2,1-2H3,(H2,18,19,20). The van der Waals surface area contributed by atoms with Crippen LogP contribution in [-0.4, -0.2) is 9.79 Å². The topological polar surface area (TPSA) is 57.5 Å². The lowest BCUT2D eigenvalue weighted by molar-refractivity contribution is 0.364. The zero-order valence-electron chi connectivity index (χ0n) is 12.4. The Hall–Kier alpha value is -1.41. The van der Waals surface area contributed by atoms with Gasteiger partial charge in [-0.25, -0.2) is 0 Å². The summed E-state index contributed by atoms with van der Waals surface area (Å²) in [5.41, 5.74) is 2.73. The lowest BCUT2D eigenvalue weighted by Crippen LogP contribution is -2.07. The molecule has 112 valence electrons. The molecule has 0 aliphatic heterocycles. The van der Waals surface area contributed by atoms with Crippen LogP contribution in [0.2, 0.25) is 0 Å². The summed E-state index contributed by atoms with van der Waals surface area (Å²) < 4.78 is 12.1. The molecule has 2 N–H and O–H groups in total. The van der Waals surface area contributed by atoms with E-state index in [1.165, 1.54) is 0 Å². The number of hydrogen-bond donors (Lipinski definition) is 2. The highest BCUT2D eigenvalue weighted by molar-refractivity contribution is 7.52. The molecule has 0 spiro atoms. The molecule has 4 heteroatoms. The van der Waals surface area contributed by atoms with Crippen molar-refractivity contribution in [2.75, 3.05) is 0 Å². The molecule has 2 rings (SSSR count). The summed E-state index contributed by atoms with van der Waals surface area (Å²) >= 11 is 0. The smallest absolute Gasteiger partial charge is 0.324 e. The Balaban J connectivity index is 2.66. The molecule has 0 fully saturated rings. The van der Waals surface area contributed by atoms with Crippen molar-refractivity contribution in [2.45, 2.75) is 32.3 Å². The molecule has 0 saturated heterocycles. The van der Waals surface area contributed by atoms with Gasteiger partial charge in [0, 0.05) is 0 Å². The highest BCUT2D eigenvalue weighted by Gasteiger charge is 2.33. The van der Waals surface area contributed by atoms with Gasteiger partial charge in [0.15, 0.2) is 0 Å². The monoisotopic (exact) mass is 304 g/mol. The Bertz CT molecular complexity index is 646. The molecule has 2 aromatic carbocycles. The quantitative estimate of drug-likeness (QED) is 0.818. The maximum atomic E-state index is 12.1. The molecule has 0 saturated carbocycles. The minimum absolute atomic E-state index is 0.661. The van der Waals surface area contributed by atoms with Crippen molar-refractivity contribution >= 4 is 7.60 Å². The van der Waals surface area contributed by atoms with E-state index in [-0.39, 0.29) is 0 Å². The Kier molecular flexibility index (Phi) is 5.00. The van der Waals surface area contributed by atoms with Crippen LogP contribution >= 0.6 is 7.60 Å². The van der Waals surface area contributed by atoms with Crippen LogP contribution in [0.25, 0.3) is 0 Å². The summed E-state index contributed by atoms with van der Waals surface area (Å²) in [6, 6.07) is 14.8. The normalized spacial score (nSPS) is 13.1. The third-order valence-electron chi connectivity index (χ3n) is 3.79. The highest BCUT2D eigenvalue weighted by atomic mass is 31.2. The minimum Gasteiger partial charge on any atom is -0.324 e. The van der Waals surface area contributed by atoms with Crippen molar-refractivity contribution in [3.63, 3.8) is 0 Å². The highest BCUT2D eigenvalue weighted by Crippen LogP contribution is 2.56. The molecule has 0 aliphatic rings. The summed E-state index contributed by atoms with van der Waals surface area (Å²) in [5, 5.41) is 0. The molecule has 0 bridgehead atoms. The molecular formula is C17H21O3P. The third-order valence-corrected chi connectivity index (χ3v) is 5.04. The van der Waals surface area contributed by atoms with Crippen molar-refractivity contribution < 1.29 is 14.4 Å². The fourth-order valence-electron chi connectivity index (χ4n) is 2.86. The Morgan fingerprint density at radius 1 is 0.952 bits per heavy atom. The van der Waals surface area contributed by atoms with Gasteiger partial charge in [0.1, 0.15) is 5.66 Å². The van der Waals surface area contributed by atoms with Gasteiger partial charge in [0.05, 0.1) is 0 Å². The fraction of sp³-hybridized carbons (Fsp3) is 0.294. The SMILES string of the molecule is CCc1cccc(C(c2ccccc2)P(=O)(O)O)c1CC. The van der Waals surface area contributed by atoms with Crippen molar-refractivity contribution in [3.8, 4) is 0 Å². The number of aryl methyl sites for hydroxylation is 1. The maximum absolute atomic E-state index is 12.1. The molecule has 0 radical (unpaired) electrons. The first-order valence-corrected chi connectivity index (χ1v) is 8.88. The average Bonchev–Trinajstić information content (AvgIpc) is 2.46. The van der Waals surface area contributed by atoms with Crippen LogP contribution in [0.5, 0.6) is 0 Å². The van der Waals surface area contributed by atoms with Gasteiger partial charge in [0.25, 0.3) is 0 Å². The van der Waals surface area contributed by atoms with E-state index in [4.69, 9.17) is 0 Å². The van der Waals surface area contributed by atoms with Gasteiger partial charge in [-0.05, 0) is 35.1 Å². The van der Waals surface area contributed by atoms with E-state index in [1.54, 1.807) is 12.1 Å². The lowest BCUT2D eigenvalue weighted by Gasteiger charge is -2.23. The van der Waals surface area contributed by atoms with Gasteiger partial charge in [0.2, 0.25) is 0 Å². The summed E-state index contributed by atoms with van der Waals surface area (Å²) in [6.07, 6.45) is 1.63. The van der Waals surface area contributed by atoms with Crippen molar-refractivity contribution in [1.82, 2.24) is 0 Å². The molecule has 1 atom stereocenters. The number of hydrogen-bond acceptors (Lipinski definition) is 1. The predicted octanol–water partition coefficient (Wildman–Crippen LogP) is 4.08. The summed E-state index contributed by atoms with van der Waals surface area (Å²) in [6.45, 7) is 4.09. The molecule has 0 aliphatic carbocycles. The summed E-state index contributed by atoms with van der Waals surface area (Å²) in [4.78, 5) is 19.8. The van der Waals surface area contributed by atoms with Gasteiger partial charge < -0.3 is 9.79 Å². The van der Waals surface area contributed by atoms with Crippen molar-refractivity contribution in [3.05, 3.63) is 70.8 Å². The van der Waals surface area contributed by atoms with Gasteiger partial charge in [-0.1, -0.05) is 62.4 Å². The van der Waals surface area contributed by atoms with Gasteiger partial charge in [-0.15, -0.1) is 0 Å². The second-order valence-electron chi connectivity index (χ2n) is 5.09. The molecule has 2 aromatic rings. The van der Waals surface area contributed by atoms with E-state index in [2.05, 4.69) is 6.92 Å². The van der Waals surface area contributed by atoms with Crippen LogP contribution in [0.4, 0.5) is 0 Å². The van der Waals surface area contributed by atoms with Crippen LogP contribution < -0.4 is 0 Å². The Morgan fingerprint density at radius 2 is 1.62 bits per heavy atom. The second kappa shape index (κ2) is 6.57. The minimum atomic E-state index is -4.29. The van der Waals surface area contributed by atoms with Gasteiger partial charge in [-0.2, -0.15) is 0 Å². The molecule has 0 heterocycles. The first-order chi connectivity index (χ1) is 9.99. The van der Waals surface area contributed by atoms with E-state index < -0.39 is 13.3 Å². The Labute approximate surface area is 125 Å². The van der Waals surface area contributed by atoms with Crippen LogP contribution in [0, 0.1) is 0 Å². The van der Waals surface area contributed by atoms with Gasteiger partial charge >= 0.3 is 7.60 Å². The first-order valence-electron chi connectivity index (χ1n) is 7.19. The van der Waals surface area contributed by atoms with E-state index >= 15 is 0 Å². The first kappa shape index (κ1) is 16.0. The van der Waals surface area contributed by atoms with E-state index in [9.17, 15) is 14.4 Å². The summed E-state index contributed by atoms with van der Waals surface area (Å²) in [7, 11) is -4.29. The molecule has 0 amide bonds. The lowest BCUT2D eigenvalue weighted by atomic mass is 9.92. The Morgan fingerprint density at radius 3 is 2.14 bits per heavy atom. The third kappa shape index (κ3) is 3.44. The van der Waals surface area contributed by atoms with E-state index in [0.717, 1.165) is 29.5 Å². The average molecular weight is 304 g/mol. The zero-order chi connectivity index (χ0) is 15.5. The molecule has 0 aromatic heterocycles. The molecular weight excluding hydrogens is 283 g/mol. The van der Waals surface area contributed by atoms with Crippen LogP contribution in [0.3, 0.4) is 0 Å². The van der Waals surface area contributed by atoms with Crippen molar-refractivity contribution in [1.29, 1.82) is 0 Å². The largest absolute Gasteiger partial charge is 0.337 e. The fourth-order valence-corrected chi connectivity index (χ4v) is 4.03. The van der Waals surface area contributed by atoms with Crippen LogP contribution in [-0.2, 0) is 17.4 Å². The predicted molar refractivity (Wildman–Crippen MR) is 85.5 cm³/mol.